The molecule has 4 rings (SSSR count). The summed E-state index contributed by atoms with van der Waals surface area (Å²) in [6.07, 6.45) is 7.72. The Balaban J connectivity index is 1.46. The molecule has 1 aliphatic rings. The van der Waals surface area contributed by atoms with Crippen molar-refractivity contribution in [3.8, 4) is 0 Å². The lowest BCUT2D eigenvalue weighted by atomic mass is 9.98. The lowest BCUT2D eigenvalue weighted by molar-refractivity contribution is 0.305. The molecule has 5 nitrogen and oxygen atoms in total. The molecule has 0 amide bonds. The van der Waals surface area contributed by atoms with Crippen LogP contribution in [0, 0.1) is 12.7 Å². The molecule has 0 spiro atoms. The van der Waals surface area contributed by atoms with Gasteiger partial charge >= 0.3 is 0 Å². The van der Waals surface area contributed by atoms with E-state index < -0.39 is 0 Å². The van der Waals surface area contributed by atoms with Gasteiger partial charge in [-0.25, -0.2) is 9.37 Å². The summed E-state index contributed by atoms with van der Waals surface area (Å²) in [7, 11) is 1.78. The molecule has 0 unspecified atom stereocenters. The molecular formula is C22H25FN4OS. The van der Waals surface area contributed by atoms with Crippen LogP contribution in [0.5, 0.6) is 0 Å². The number of nitrogens with zero attached hydrogens (tertiary/aromatic N) is 3. The van der Waals surface area contributed by atoms with Gasteiger partial charge in [0.25, 0.3) is 5.56 Å². The van der Waals surface area contributed by atoms with Gasteiger partial charge < -0.3 is 4.98 Å². The van der Waals surface area contributed by atoms with Gasteiger partial charge in [-0.05, 0) is 49.8 Å². The minimum atomic E-state index is -0.213. The highest BCUT2D eigenvalue weighted by Crippen LogP contribution is 2.29. The summed E-state index contributed by atoms with van der Waals surface area (Å²) < 4.78 is 15.3. The maximum Gasteiger partial charge on any atom is 0.257 e. The summed E-state index contributed by atoms with van der Waals surface area (Å²) >= 11 is 1.49. The summed E-state index contributed by atoms with van der Waals surface area (Å²) in [5.41, 5.74) is 4.96. The predicted octanol–water partition coefficient (Wildman–Crippen LogP) is 3.76. The van der Waals surface area contributed by atoms with Crippen LogP contribution >= 0.6 is 11.8 Å². The number of hydrogen-bond donors (Lipinski definition) is 1. The van der Waals surface area contributed by atoms with Crippen molar-refractivity contribution in [2.75, 3.05) is 25.9 Å². The number of halogens is 1. The highest BCUT2D eigenvalue weighted by Gasteiger charge is 2.18. The molecule has 0 fully saturated rings. The van der Waals surface area contributed by atoms with Gasteiger partial charge in [0.2, 0.25) is 0 Å². The van der Waals surface area contributed by atoms with E-state index in [9.17, 15) is 9.18 Å². The molecule has 2 aromatic heterocycles. The zero-order valence-electron chi connectivity index (χ0n) is 17.0. The number of rotatable bonds is 5. The predicted molar refractivity (Wildman–Crippen MR) is 117 cm³/mol. The Morgan fingerprint density at radius 1 is 1.34 bits per heavy atom. The van der Waals surface area contributed by atoms with E-state index >= 15 is 0 Å². The maximum absolute atomic E-state index is 13.7. The number of hydrogen-bond acceptors (Lipinski definition) is 4. The zero-order chi connectivity index (χ0) is 20.5. The number of benzene rings is 1. The van der Waals surface area contributed by atoms with E-state index in [1.807, 2.05) is 19.4 Å². The largest absolute Gasteiger partial charge is 0.361 e. The Labute approximate surface area is 173 Å². The van der Waals surface area contributed by atoms with Crippen molar-refractivity contribution in [1.82, 2.24) is 19.4 Å². The molecule has 3 aromatic rings. The van der Waals surface area contributed by atoms with Crippen molar-refractivity contribution in [2.45, 2.75) is 24.9 Å². The quantitative estimate of drug-likeness (QED) is 0.512. The lowest BCUT2D eigenvalue weighted by Gasteiger charge is -2.26. The van der Waals surface area contributed by atoms with Gasteiger partial charge in [0.1, 0.15) is 5.82 Å². The van der Waals surface area contributed by atoms with Crippen molar-refractivity contribution in [3.05, 3.63) is 63.5 Å². The summed E-state index contributed by atoms with van der Waals surface area (Å²) in [5, 5.41) is 1.68. The standard InChI is InChI=1S/C22H25FN4OS/c1-14-17(21(28)26(2)22(25-14)29-3)8-11-27-9-6-15(7-10-27)19-13-24-20-5-4-16(23)12-18(19)20/h4-6,12-13,24H,7-11H2,1-3H3. The topological polar surface area (TPSA) is 53.9 Å². The fourth-order valence-corrected chi connectivity index (χ4v) is 4.57. The monoisotopic (exact) mass is 412 g/mol. The first kappa shape index (κ1) is 19.9. The third-order valence-corrected chi connectivity index (χ3v) is 6.42. The van der Waals surface area contributed by atoms with Crippen LogP contribution in [-0.2, 0) is 13.5 Å². The average Bonchev–Trinajstić information content (AvgIpc) is 3.14. The molecule has 29 heavy (non-hydrogen) atoms. The van der Waals surface area contributed by atoms with Crippen LogP contribution in [0.15, 0.2) is 40.4 Å². The number of H-pyrrole nitrogens is 1. The Hall–Kier alpha value is -2.38. The van der Waals surface area contributed by atoms with Gasteiger partial charge in [0, 0.05) is 60.6 Å². The third kappa shape index (κ3) is 3.89. The number of aromatic nitrogens is 3. The molecule has 0 aliphatic carbocycles. The van der Waals surface area contributed by atoms with Crippen molar-refractivity contribution < 1.29 is 4.39 Å². The second-order valence-corrected chi connectivity index (χ2v) is 8.22. The Morgan fingerprint density at radius 3 is 2.90 bits per heavy atom. The van der Waals surface area contributed by atoms with E-state index in [1.165, 1.54) is 23.4 Å². The summed E-state index contributed by atoms with van der Waals surface area (Å²) in [6, 6.07) is 4.85. The second kappa shape index (κ2) is 8.16. The summed E-state index contributed by atoms with van der Waals surface area (Å²) in [5.74, 6) is -0.213. The minimum absolute atomic E-state index is 0.0518. The van der Waals surface area contributed by atoms with Gasteiger partial charge in [-0.1, -0.05) is 17.8 Å². The lowest BCUT2D eigenvalue weighted by Crippen LogP contribution is -2.33. The smallest absolute Gasteiger partial charge is 0.257 e. The molecule has 0 atom stereocenters. The van der Waals surface area contributed by atoms with Crippen molar-refractivity contribution in [3.63, 3.8) is 0 Å². The van der Waals surface area contributed by atoms with E-state index in [1.54, 1.807) is 23.7 Å². The van der Waals surface area contributed by atoms with Crippen LogP contribution in [-0.4, -0.2) is 45.3 Å². The molecule has 0 saturated heterocycles. The van der Waals surface area contributed by atoms with E-state index in [4.69, 9.17) is 0 Å². The first-order valence-corrected chi connectivity index (χ1v) is 11.0. The van der Waals surface area contributed by atoms with Crippen LogP contribution in [0.1, 0.15) is 23.2 Å². The zero-order valence-corrected chi connectivity index (χ0v) is 17.8. The second-order valence-electron chi connectivity index (χ2n) is 7.45. The van der Waals surface area contributed by atoms with Gasteiger partial charge in [-0.15, -0.1) is 0 Å². The van der Waals surface area contributed by atoms with Crippen molar-refractivity contribution >= 4 is 28.2 Å². The van der Waals surface area contributed by atoms with E-state index in [0.717, 1.165) is 58.9 Å². The molecule has 0 bridgehead atoms. The number of nitrogens with one attached hydrogen (secondary N) is 1. The molecule has 3 heterocycles. The van der Waals surface area contributed by atoms with Gasteiger partial charge in [-0.3, -0.25) is 14.3 Å². The molecule has 1 aliphatic heterocycles. The Bertz CT molecular complexity index is 1150. The molecule has 0 saturated carbocycles. The molecular weight excluding hydrogens is 387 g/mol. The molecule has 1 N–H and O–H groups in total. The number of aryl methyl sites for hydroxylation is 1. The van der Waals surface area contributed by atoms with Crippen LogP contribution in [0.3, 0.4) is 0 Å². The maximum atomic E-state index is 13.7. The highest BCUT2D eigenvalue weighted by atomic mass is 32.2. The number of thioether (sulfide) groups is 1. The highest BCUT2D eigenvalue weighted by molar-refractivity contribution is 7.98. The Kier molecular flexibility index (Phi) is 5.61. The number of fused-ring (bicyclic) bond motifs is 1. The number of aromatic amines is 1. The fraction of sp³-hybridized carbons (Fsp3) is 0.364. The van der Waals surface area contributed by atoms with E-state index in [0.29, 0.717) is 6.42 Å². The van der Waals surface area contributed by atoms with Crippen LogP contribution in [0.2, 0.25) is 0 Å². The van der Waals surface area contributed by atoms with E-state index in [-0.39, 0.29) is 11.4 Å². The molecule has 0 radical (unpaired) electrons. The van der Waals surface area contributed by atoms with Crippen LogP contribution in [0.25, 0.3) is 16.5 Å². The molecule has 7 heteroatoms. The summed E-state index contributed by atoms with van der Waals surface area (Å²) in [4.78, 5) is 22.8. The fourth-order valence-electron chi connectivity index (χ4n) is 3.99. The van der Waals surface area contributed by atoms with Gasteiger partial charge in [0.05, 0.1) is 0 Å². The van der Waals surface area contributed by atoms with Crippen LogP contribution < -0.4 is 5.56 Å². The third-order valence-electron chi connectivity index (χ3n) is 5.69. The normalized spacial score (nSPS) is 15.1. The van der Waals surface area contributed by atoms with Crippen molar-refractivity contribution in [2.24, 2.45) is 7.05 Å². The SMILES string of the molecule is CSc1nc(C)c(CCN2CC=C(c3c[nH]c4ccc(F)cc34)CC2)c(=O)n1C. The minimum Gasteiger partial charge on any atom is -0.361 e. The van der Waals surface area contributed by atoms with Gasteiger partial charge in [-0.2, -0.15) is 0 Å². The van der Waals surface area contributed by atoms with Crippen molar-refractivity contribution in [1.29, 1.82) is 0 Å². The molecule has 1 aromatic carbocycles. The van der Waals surface area contributed by atoms with E-state index in [2.05, 4.69) is 20.9 Å². The summed E-state index contributed by atoms with van der Waals surface area (Å²) in [6.45, 7) is 4.49. The molecule has 152 valence electrons. The first-order chi connectivity index (χ1) is 14.0. The Morgan fingerprint density at radius 2 is 2.17 bits per heavy atom. The average molecular weight is 413 g/mol. The first-order valence-electron chi connectivity index (χ1n) is 9.77. The van der Waals surface area contributed by atoms with Crippen LogP contribution in [0.4, 0.5) is 4.39 Å². The van der Waals surface area contributed by atoms with Gasteiger partial charge in [0.15, 0.2) is 5.16 Å².